The highest BCUT2D eigenvalue weighted by Gasteiger charge is 2.36. The number of likely N-dealkylation sites (tertiary alicyclic amines) is 1. The van der Waals surface area contributed by atoms with Crippen molar-refractivity contribution in [2.75, 3.05) is 13.1 Å². The predicted molar refractivity (Wildman–Crippen MR) is 89.4 cm³/mol. The number of nitrogens with zero attached hydrogens (tertiary/aromatic N) is 1. The van der Waals surface area contributed by atoms with Gasteiger partial charge >= 0.3 is 6.09 Å². The van der Waals surface area contributed by atoms with Crippen molar-refractivity contribution in [2.45, 2.75) is 77.0 Å². The number of ether oxygens (including phenoxy) is 1. The van der Waals surface area contributed by atoms with Crippen molar-refractivity contribution in [3.05, 3.63) is 0 Å². The van der Waals surface area contributed by atoms with Gasteiger partial charge in [-0.15, -0.1) is 0 Å². The second-order valence-electron chi connectivity index (χ2n) is 7.53. The van der Waals surface area contributed by atoms with Gasteiger partial charge in [-0.1, -0.05) is 0 Å². The molecular formula is C17H29N3O4. The molecule has 7 nitrogen and oxygen atoms in total. The van der Waals surface area contributed by atoms with Crippen LogP contribution in [0.4, 0.5) is 4.79 Å². The minimum atomic E-state index is -0.600. The smallest absolute Gasteiger partial charge is 0.410 e. The Hall–Kier alpha value is -1.79. The lowest BCUT2D eigenvalue weighted by Crippen LogP contribution is -2.56. The van der Waals surface area contributed by atoms with Crippen molar-refractivity contribution in [3.63, 3.8) is 0 Å². The molecule has 0 bridgehead atoms. The third-order valence-corrected chi connectivity index (χ3v) is 4.29. The van der Waals surface area contributed by atoms with Crippen LogP contribution >= 0.6 is 0 Å². The van der Waals surface area contributed by atoms with Crippen molar-refractivity contribution in [2.24, 2.45) is 0 Å². The minimum absolute atomic E-state index is 0.138. The summed E-state index contributed by atoms with van der Waals surface area (Å²) in [6.45, 7) is 6.57. The van der Waals surface area contributed by atoms with Gasteiger partial charge in [0.1, 0.15) is 17.7 Å². The number of piperidine rings is 1. The van der Waals surface area contributed by atoms with Gasteiger partial charge in [0.05, 0.1) is 0 Å². The molecule has 0 aromatic heterocycles. The highest BCUT2D eigenvalue weighted by atomic mass is 16.6. The van der Waals surface area contributed by atoms with Crippen LogP contribution in [0.5, 0.6) is 0 Å². The molecule has 2 aliphatic rings. The van der Waals surface area contributed by atoms with Crippen LogP contribution in [-0.4, -0.2) is 53.6 Å². The Labute approximate surface area is 143 Å². The van der Waals surface area contributed by atoms with Gasteiger partial charge in [-0.2, -0.15) is 0 Å². The molecule has 136 valence electrons. The molecular weight excluding hydrogens is 310 g/mol. The van der Waals surface area contributed by atoms with Crippen LogP contribution in [0.2, 0.25) is 0 Å². The molecule has 0 aliphatic carbocycles. The SMILES string of the molecule is CC(C)(C)OC(=O)N1CCCC[C@H]1C(=O)N[C@H]1CCCCNC1=O. The minimum Gasteiger partial charge on any atom is -0.444 e. The van der Waals surface area contributed by atoms with E-state index in [4.69, 9.17) is 4.74 Å². The molecule has 2 aliphatic heterocycles. The molecule has 2 rings (SSSR count). The van der Waals surface area contributed by atoms with E-state index in [-0.39, 0.29) is 11.8 Å². The van der Waals surface area contributed by atoms with Crippen LogP contribution in [0.15, 0.2) is 0 Å². The Morgan fingerprint density at radius 1 is 1.17 bits per heavy atom. The summed E-state index contributed by atoms with van der Waals surface area (Å²) in [5, 5.41) is 5.63. The van der Waals surface area contributed by atoms with Crippen LogP contribution in [0.3, 0.4) is 0 Å². The van der Waals surface area contributed by atoms with Crippen molar-refractivity contribution in [3.8, 4) is 0 Å². The van der Waals surface area contributed by atoms with E-state index >= 15 is 0 Å². The quantitative estimate of drug-likeness (QED) is 0.799. The first kappa shape index (κ1) is 18.5. The number of amides is 3. The third-order valence-electron chi connectivity index (χ3n) is 4.29. The first-order valence-corrected chi connectivity index (χ1v) is 8.85. The lowest BCUT2D eigenvalue weighted by atomic mass is 10.0. The highest BCUT2D eigenvalue weighted by molar-refractivity contribution is 5.91. The topological polar surface area (TPSA) is 87.7 Å². The van der Waals surface area contributed by atoms with E-state index in [0.29, 0.717) is 25.9 Å². The van der Waals surface area contributed by atoms with E-state index in [1.165, 1.54) is 4.90 Å². The maximum atomic E-state index is 12.7. The average Bonchev–Trinajstić information content (AvgIpc) is 2.70. The number of rotatable bonds is 2. The van der Waals surface area contributed by atoms with Gasteiger partial charge in [0, 0.05) is 13.1 Å². The monoisotopic (exact) mass is 339 g/mol. The average molecular weight is 339 g/mol. The summed E-state index contributed by atoms with van der Waals surface area (Å²) in [7, 11) is 0. The number of nitrogens with one attached hydrogen (secondary N) is 2. The number of hydrogen-bond donors (Lipinski definition) is 2. The summed E-state index contributed by atoms with van der Waals surface area (Å²) in [5.74, 6) is -0.400. The largest absolute Gasteiger partial charge is 0.444 e. The maximum Gasteiger partial charge on any atom is 0.410 e. The number of carbonyl (C=O) groups is 3. The fourth-order valence-electron chi connectivity index (χ4n) is 3.09. The molecule has 0 spiro atoms. The molecule has 0 unspecified atom stereocenters. The van der Waals surface area contributed by atoms with E-state index in [0.717, 1.165) is 25.7 Å². The fraction of sp³-hybridized carbons (Fsp3) is 0.824. The first-order chi connectivity index (χ1) is 11.3. The van der Waals surface area contributed by atoms with Gasteiger partial charge < -0.3 is 15.4 Å². The molecule has 2 N–H and O–H groups in total. The molecule has 2 saturated heterocycles. The molecule has 0 aromatic rings. The molecule has 2 fully saturated rings. The van der Waals surface area contributed by atoms with Gasteiger partial charge in [-0.25, -0.2) is 4.79 Å². The van der Waals surface area contributed by atoms with Crippen LogP contribution in [0.25, 0.3) is 0 Å². The Morgan fingerprint density at radius 2 is 1.88 bits per heavy atom. The lowest BCUT2D eigenvalue weighted by molar-refractivity contribution is -0.132. The molecule has 7 heteroatoms. The molecule has 0 radical (unpaired) electrons. The van der Waals surface area contributed by atoms with Crippen molar-refractivity contribution in [1.29, 1.82) is 0 Å². The van der Waals surface area contributed by atoms with Gasteiger partial charge in [0.15, 0.2) is 0 Å². The van der Waals surface area contributed by atoms with E-state index in [2.05, 4.69) is 10.6 Å². The van der Waals surface area contributed by atoms with Gasteiger partial charge in [0.2, 0.25) is 11.8 Å². The van der Waals surface area contributed by atoms with E-state index in [1.807, 2.05) is 0 Å². The van der Waals surface area contributed by atoms with E-state index in [1.54, 1.807) is 20.8 Å². The molecule has 3 amide bonds. The predicted octanol–water partition coefficient (Wildman–Crippen LogP) is 1.56. The molecule has 0 saturated carbocycles. The zero-order chi connectivity index (χ0) is 17.7. The normalized spacial score (nSPS) is 25.5. The Bertz CT molecular complexity index is 487. The summed E-state index contributed by atoms with van der Waals surface area (Å²) in [4.78, 5) is 38.6. The number of carbonyl (C=O) groups excluding carboxylic acids is 3. The number of hydrogen-bond acceptors (Lipinski definition) is 4. The summed E-state index contributed by atoms with van der Waals surface area (Å²) in [6.07, 6.45) is 4.32. The second-order valence-corrected chi connectivity index (χ2v) is 7.53. The summed E-state index contributed by atoms with van der Waals surface area (Å²) in [6, 6.07) is -1.08. The molecule has 2 heterocycles. The Balaban J connectivity index is 2.01. The van der Waals surface area contributed by atoms with Gasteiger partial charge in [-0.3, -0.25) is 14.5 Å². The highest BCUT2D eigenvalue weighted by Crippen LogP contribution is 2.21. The fourth-order valence-corrected chi connectivity index (χ4v) is 3.09. The summed E-state index contributed by atoms with van der Waals surface area (Å²) in [5.41, 5.74) is -0.600. The van der Waals surface area contributed by atoms with Crippen LogP contribution in [-0.2, 0) is 14.3 Å². The lowest BCUT2D eigenvalue weighted by Gasteiger charge is -2.36. The van der Waals surface area contributed by atoms with Crippen molar-refractivity contribution < 1.29 is 19.1 Å². The van der Waals surface area contributed by atoms with Gasteiger partial charge in [-0.05, 0) is 59.3 Å². The third kappa shape index (κ3) is 5.11. The van der Waals surface area contributed by atoms with Crippen LogP contribution < -0.4 is 10.6 Å². The summed E-state index contributed by atoms with van der Waals surface area (Å²) < 4.78 is 5.42. The van der Waals surface area contributed by atoms with Gasteiger partial charge in [0.25, 0.3) is 0 Å². The standard InChI is InChI=1S/C17H29N3O4/c1-17(2,3)24-16(23)20-11-7-5-9-13(20)15(22)19-12-8-4-6-10-18-14(12)21/h12-13H,4-11H2,1-3H3,(H,18,21)(H,19,22)/t12-,13-/m0/s1. The van der Waals surface area contributed by atoms with Crippen molar-refractivity contribution in [1.82, 2.24) is 15.5 Å². The van der Waals surface area contributed by atoms with E-state index in [9.17, 15) is 14.4 Å². The molecule has 24 heavy (non-hydrogen) atoms. The zero-order valence-corrected chi connectivity index (χ0v) is 14.9. The summed E-state index contributed by atoms with van der Waals surface area (Å²) >= 11 is 0. The van der Waals surface area contributed by atoms with Crippen molar-refractivity contribution >= 4 is 17.9 Å². The first-order valence-electron chi connectivity index (χ1n) is 8.85. The maximum absolute atomic E-state index is 12.7. The van der Waals surface area contributed by atoms with E-state index < -0.39 is 23.8 Å². The van der Waals surface area contributed by atoms with Crippen LogP contribution in [0, 0.1) is 0 Å². The van der Waals surface area contributed by atoms with Crippen LogP contribution in [0.1, 0.15) is 59.3 Å². The Kier molecular flexibility index (Phi) is 6.07. The second kappa shape index (κ2) is 7.85. The zero-order valence-electron chi connectivity index (χ0n) is 14.9. The molecule has 2 atom stereocenters. The molecule has 0 aromatic carbocycles. The Morgan fingerprint density at radius 3 is 2.58 bits per heavy atom.